The number of fused-ring (bicyclic) bond motifs is 2. The summed E-state index contributed by atoms with van der Waals surface area (Å²) < 4.78 is 5.92. The van der Waals surface area contributed by atoms with Crippen molar-refractivity contribution in [3.8, 4) is 11.5 Å². The molecule has 0 bridgehead atoms. The highest BCUT2D eigenvalue weighted by Gasteiger charge is 2.25. The fourth-order valence-corrected chi connectivity index (χ4v) is 3.43. The predicted octanol–water partition coefficient (Wildman–Crippen LogP) is 6.17. The number of aliphatic hydroxyl groups excluding tert-OH is 1. The van der Waals surface area contributed by atoms with Gasteiger partial charge in [0.2, 0.25) is 0 Å². The molecule has 0 saturated heterocycles. The highest BCUT2D eigenvalue weighted by Crippen LogP contribution is 2.42. The third kappa shape index (κ3) is 3.99. The molecule has 1 unspecified atom stereocenters. The Kier molecular flexibility index (Phi) is 5.92. The number of hydrogen-bond donors (Lipinski definition) is 1. The molecule has 0 amide bonds. The van der Waals surface area contributed by atoms with Crippen molar-refractivity contribution in [3.63, 3.8) is 0 Å². The average Bonchev–Trinajstić information content (AvgIpc) is 2.61. The van der Waals surface area contributed by atoms with Gasteiger partial charge in [-0.3, -0.25) is 0 Å². The second-order valence-corrected chi connectivity index (χ2v) is 6.79. The molecule has 24 heavy (non-hydrogen) atoms. The monoisotopic (exact) mass is 324 g/mol. The molecule has 2 heteroatoms. The van der Waals surface area contributed by atoms with E-state index in [9.17, 15) is 5.11 Å². The van der Waals surface area contributed by atoms with Crippen LogP contribution in [0.25, 0.3) is 0 Å². The van der Waals surface area contributed by atoms with E-state index < -0.39 is 6.10 Å². The summed E-state index contributed by atoms with van der Waals surface area (Å²) in [5, 5.41) is 10.7. The van der Waals surface area contributed by atoms with Crippen LogP contribution < -0.4 is 4.74 Å². The number of para-hydroxylation sites is 1. The topological polar surface area (TPSA) is 29.5 Å². The van der Waals surface area contributed by atoms with Gasteiger partial charge >= 0.3 is 0 Å². The second-order valence-electron chi connectivity index (χ2n) is 6.79. The largest absolute Gasteiger partial charge is 0.457 e. The minimum atomic E-state index is -0.584. The maximum absolute atomic E-state index is 10.7. The van der Waals surface area contributed by atoms with E-state index in [0.717, 1.165) is 29.0 Å². The van der Waals surface area contributed by atoms with Crippen LogP contribution in [0.2, 0.25) is 0 Å². The van der Waals surface area contributed by atoms with E-state index in [1.165, 1.54) is 50.5 Å². The first-order chi connectivity index (χ1) is 11.8. The quantitative estimate of drug-likeness (QED) is 0.589. The van der Waals surface area contributed by atoms with Gasteiger partial charge in [0.1, 0.15) is 17.6 Å². The highest BCUT2D eigenvalue weighted by molar-refractivity contribution is 5.52. The SMILES string of the molecule is CCCCCCCCCc1ccc2c(c1)C(O)c1ccccc1O2. The summed E-state index contributed by atoms with van der Waals surface area (Å²) >= 11 is 0. The Morgan fingerprint density at radius 3 is 2.38 bits per heavy atom. The van der Waals surface area contributed by atoms with E-state index in [4.69, 9.17) is 4.74 Å². The first-order valence-electron chi connectivity index (χ1n) is 9.37. The zero-order chi connectivity index (χ0) is 16.8. The zero-order valence-electron chi connectivity index (χ0n) is 14.6. The minimum absolute atomic E-state index is 0.584. The molecule has 1 heterocycles. The van der Waals surface area contributed by atoms with Crippen LogP contribution in [0.15, 0.2) is 42.5 Å². The van der Waals surface area contributed by atoms with Gasteiger partial charge in [-0.05, 0) is 36.6 Å². The van der Waals surface area contributed by atoms with Crippen molar-refractivity contribution < 1.29 is 9.84 Å². The van der Waals surface area contributed by atoms with E-state index in [2.05, 4.69) is 19.1 Å². The first-order valence-corrected chi connectivity index (χ1v) is 9.37. The van der Waals surface area contributed by atoms with Crippen molar-refractivity contribution in [1.29, 1.82) is 0 Å². The molecular weight excluding hydrogens is 296 g/mol. The van der Waals surface area contributed by atoms with Gasteiger partial charge in [0.15, 0.2) is 0 Å². The molecule has 2 aromatic rings. The lowest BCUT2D eigenvalue weighted by Crippen LogP contribution is -2.10. The molecule has 1 atom stereocenters. The predicted molar refractivity (Wildman–Crippen MR) is 98.7 cm³/mol. The lowest BCUT2D eigenvalue weighted by molar-refractivity contribution is 0.203. The molecule has 2 aromatic carbocycles. The van der Waals surface area contributed by atoms with Crippen LogP contribution in [0.3, 0.4) is 0 Å². The molecule has 0 spiro atoms. The van der Waals surface area contributed by atoms with Gasteiger partial charge in [0.25, 0.3) is 0 Å². The smallest absolute Gasteiger partial charge is 0.133 e. The summed E-state index contributed by atoms with van der Waals surface area (Å²) in [6.07, 6.45) is 9.76. The number of benzene rings is 2. The van der Waals surface area contributed by atoms with Crippen LogP contribution >= 0.6 is 0 Å². The molecule has 3 rings (SSSR count). The van der Waals surface area contributed by atoms with Crippen LogP contribution in [-0.4, -0.2) is 5.11 Å². The number of aryl methyl sites for hydroxylation is 1. The lowest BCUT2D eigenvalue weighted by Gasteiger charge is -2.25. The van der Waals surface area contributed by atoms with Crippen molar-refractivity contribution >= 4 is 0 Å². The summed E-state index contributed by atoms with van der Waals surface area (Å²) in [4.78, 5) is 0. The summed E-state index contributed by atoms with van der Waals surface area (Å²) in [6, 6.07) is 14.0. The maximum atomic E-state index is 10.7. The van der Waals surface area contributed by atoms with Crippen LogP contribution in [0.5, 0.6) is 11.5 Å². The lowest BCUT2D eigenvalue weighted by atomic mass is 9.94. The molecule has 1 aliphatic heterocycles. The highest BCUT2D eigenvalue weighted by atomic mass is 16.5. The van der Waals surface area contributed by atoms with E-state index in [-0.39, 0.29) is 0 Å². The van der Waals surface area contributed by atoms with Gasteiger partial charge in [-0.1, -0.05) is 69.7 Å². The van der Waals surface area contributed by atoms with E-state index in [1.807, 2.05) is 30.3 Å². The molecule has 1 aliphatic rings. The first kappa shape index (κ1) is 17.0. The maximum Gasteiger partial charge on any atom is 0.133 e. The minimum Gasteiger partial charge on any atom is -0.457 e. The molecule has 0 radical (unpaired) electrons. The zero-order valence-corrected chi connectivity index (χ0v) is 14.6. The summed E-state index contributed by atoms with van der Waals surface area (Å²) in [5.74, 6) is 1.54. The molecule has 2 nitrogen and oxygen atoms in total. The Bertz CT molecular complexity index is 663. The number of rotatable bonds is 8. The van der Waals surface area contributed by atoms with Crippen LogP contribution in [0.1, 0.15) is 74.7 Å². The van der Waals surface area contributed by atoms with Gasteiger partial charge < -0.3 is 9.84 Å². The fraction of sp³-hybridized carbons (Fsp3) is 0.455. The van der Waals surface area contributed by atoms with E-state index >= 15 is 0 Å². The number of aliphatic hydroxyl groups is 1. The van der Waals surface area contributed by atoms with Crippen LogP contribution in [0, 0.1) is 0 Å². The summed E-state index contributed by atoms with van der Waals surface area (Å²) in [7, 11) is 0. The molecule has 0 aromatic heterocycles. The number of ether oxygens (including phenoxy) is 1. The third-order valence-corrected chi connectivity index (χ3v) is 4.87. The van der Waals surface area contributed by atoms with Gasteiger partial charge in [-0.2, -0.15) is 0 Å². The summed E-state index contributed by atoms with van der Waals surface area (Å²) in [5.41, 5.74) is 3.05. The molecule has 128 valence electrons. The van der Waals surface area contributed by atoms with Crippen LogP contribution in [0.4, 0.5) is 0 Å². The van der Waals surface area contributed by atoms with Crippen molar-refractivity contribution in [2.75, 3.05) is 0 Å². The molecular formula is C22H28O2. The fourth-order valence-electron chi connectivity index (χ4n) is 3.43. The van der Waals surface area contributed by atoms with Crippen LogP contribution in [-0.2, 0) is 6.42 Å². The normalized spacial score (nSPS) is 15.5. The Labute approximate surface area is 145 Å². The third-order valence-electron chi connectivity index (χ3n) is 4.87. The van der Waals surface area contributed by atoms with Crippen molar-refractivity contribution in [3.05, 3.63) is 59.2 Å². The molecule has 1 N–H and O–H groups in total. The summed E-state index contributed by atoms with van der Waals surface area (Å²) in [6.45, 7) is 2.26. The Morgan fingerprint density at radius 1 is 0.833 bits per heavy atom. The Hall–Kier alpha value is -1.80. The number of unbranched alkanes of at least 4 members (excludes halogenated alkanes) is 6. The van der Waals surface area contributed by atoms with E-state index in [1.54, 1.807) is 0 Å². The number of hydrogen-bond acceptors (Lipinski definition) is 2. The van der Waals surface area contributed by atoms with Gasteiger partial charge in [-0.25, -0.2) is 0 Å². The molecule has 0 fully saturated rings. The Morgan fingerprint density at radius 2 is 1.54 bits per heavy atom. The van der Waals surface area contributed by atoms with Crippen molar-refractivity contribution in [2.24, 2.45) is 0 Å². The van der Waals surface area contributed by atoms with Gasteiger partial charge in [0, 0.05) is 11.1 Å². The standard InChI is InChI=1S/C22H28O2/c1-2-3-4-5-6-7-8-11-17-14-15-21-19(16-17)22(23)18-12-9-10-13-20(18)24-21/h9-10,12-16,22-23H,2-8,11H2,1H3. The molecule has 0 aliphatic carbocycles. The van der Waals surface area contributed by atoms with Gasteiger partial charge in [0.05, 0.1) is 0 Å². The van der Waals surface area contributed by atoms with Crippen molar-refractivity contribution in [2.45, 2.75) is 64.4 Å². The van der Waals surface area contributed by atoms with E-state index in [0.29, 0.717) is 0 Å². The van der Waals surface area contributed by atoms with Gasteiger partial charge in [-0.15, -0.1) is 0 Å². The Balaban J connectivity index is 1.56. The second kappa shape index (κ2) is 8.34. The van der Waals surface area contributed by atoms with Crippen molar-refractivity contribution in [1.82, 2.24) is 0 Å². The molecule has 0 saturated carbocycles. The average molecular weight is 324 g/mol.